The summed E-state index contributed by atoms with van der Waals surface area (Å²) in [6.45, 7) is 5.34. The van der Waals surface area contributed by atoms with E-state index in [4.69, 9.17) is 11.6 Å². The number of rotatable bonds is 6. The van der Waals surface area contributed by atoms with Gasteiger partial charge in [-0.2, -0.15) is 0 Å². The highest BCUT2D eigenvalue weighted by Crippen LogP contribution is 2.22. The summed E-state index contributed by atoms with van der Waals surface area (Å²) in [7, 11) is 0. The first-order chi connectivity index (χ1) is 9.65. The van der Waals surface area contributed by atoms with Gasteiger partial charge < -0.3 is 5.32 Å². The fourth-order valence-electron chi connectivity index (χ4n) is 2.36. The van der Waals surface area contributed by atoms with Gasteiger partial charge in [0.25, 0.3) is 0 Å². The summed E-state index contributed by atoms with van der Waals surface area (Å²) in [6, 6.07) is 19.4. The van der Waals surface area contributed by atoms with Crippen molar-refractivity contribution < 1.29 is 0 Å². The molecule has 0 saturated carbocycles. The standard InChI is InChI=1S/C18H22ClN/c1-14(2)20-13-17(16-8-4-3-5-9-16)11-15-7-6-10-18(19)12-15/h3-10,12,14,17,20H,11,13H2,1-2H3. The van der Waals surface area contributed by atoms with Gasteiger partial charge in [0.2, 0.25) is 0 Å². The lowest BCUT2D eigenvalue weighted by molar-refractivity contribution is 0.527. The molecule has 0 heterocycles. The molecule has 0 aliphatic rings. The van der Waals surface area contributed by atoms with Gasteiger partial charge in [0.15, 0.2) is 0 Å². The molecular weight excluding hydrogens is 266 g/mol. The maximum atomic E-state index is 6.09. The second-order valence-corrected chi connectivity index (χ2v) is 5.94. The molecule has 2 heteroatoms. The minimum atomic E-state index is 0.470. The van der Waals surface area contributed by atoms with Crippen LogP contribution in [0.15, 0.2) is 54.6 Å². The predicted octanol–water partition coefficient (Wildman–Crippen LogP) is 4.66. The van der Waals surface area contributed by atoms with E-state index in [0.717, 1.165) is 18.0 Å². The monoisotopic (exact) mass is 287 g/mol. The highest BCUT2D eigenvalue weighted by atomic mass is 35.5. The zero-order chi connectivity index (χ0) is 14.4. The van der Waals surface area contributed by atoms with Crippen molar-refractivity contribution in [3.63, 3.8) is 0 Å². The van der Waals surface area contributed by atoms with Gasteiger partial charge in [-0.3, -0.25) is 0 Å². The van der Waals surface area contributed by atoms with Gasteiger partial charge >= 0.3 is 0 Å². The summed E-state index contributed by atoms with van der Waals surface area (Å²) in [5, 5.41) is 4.36. The lowest BCUT2D eigenvalue weighted by Gasteiger charge is -2.20. The Bertz CT molecular complexity index is 522. The SMILES string of the molecule is CC(C)NCC(Cc1cccc(Cl)c1)c1ccccc1. The fourth-order valence-corrected chi connectivity index (χ4v) is 2.57. The molecule has 1 unspecified atom stereocenters. The van der Waals surface area contributed by atoms with E-state index < -0.39 is 0 Å². The van der Waals surface area contributed by atoms with Gasteiger partial charge in [-0.15, -0.1) is 0 Å². The van der Waals surface area contributed by atoms with Gasteiger partial charge in [-0.25, -0.2) is 0 Å². The Morgan fingerprint density at radius 1 is 1.00 bits per heavy atom. The highest BCUT2D eigenvalue weighted by Gasteiger charge is 2.12. The average molecular weight is 288 g/mol. The third-order valence-electron chi connectivity index (χ3n) is 3.41. The van der Waals surface area contributed by atoms with Gasteiger partial charge in [0, 0.05) is 23.5 Å². The minimum absolute atomic E-state index is 0.470. The molecule has 0 aromatic heterocycles. The third-order valence-corrected chi connectivity index (χ3v) is 3.65. The van der Waals surface area contributed by atoms with E-state index in [1.165, 1.54) is 11.1 Å². The molecule has 106 valence electrons. The Morgan fingerprint density at radius 3 is 2.40 bits per heavy atom. The molecule has 0 aliphatic heterocycles. The van der Waals surface area contributed by atoms with Crippen LogP contribution in [0.5, 0.6) is 0 Å². The van der Waals surface area contributed by atoms with E-state index in [2.05, 4.69) is 61.6 Å². The zero-order valence-corrected chi connectivity index (χ0v) is 12.9. The van der Waals surface area contributed by atoms with E-state index in [0.29, 0.717) is 12.0 Å². The average Bonchev–Trinajstić information content (AvgIpc) is 2.44. The largest absolute Gasteiger partial charge is 0.314 e. The number of hydrogen-bond acceptors (Lipinski definition) is 1. The molecule has 0 amide bonds. The van der Waals surface area contributed by atoms with Crippen molar-refractivity contribution in [1.29, 1.82) is 0 Å². The van der Waals surface area contributed by atoms with Crippen LogP contribution in [0.25, 0.3) is 0 Å². The van der Waals surface area contributed by atoms with E-state index >= 15 is 0 Å². The van der Waals surface area contributed by atoms with Crippen molar-refractivity contribution in [2.45, 2.75) is 32.2 Å². The molecule has 0 fully saturated rings. The van der Waals surface area contributed by atoms with Crippen molar-refractivity contribution >= 4 is 11.6 Å². The van der Waals surface area contributed by atoms with Crippen LogP contribution < -0.4 is 5.32 Å². The Morgan fingerprint density at radius 2 is 1.75 bits per heavy atom. The van der Waals surface area contributed by atoms with Crippen LogP contribution in [0.1, 0.15) is 30.9 Å². The van der Waals surface area contributed by atoms with Gasteiger partial charge in [0.1, 0.15) is 0 Å². The number of halogens is 1. The lowest BCUT2D eigenvalue weighted by Crippen LogP contribution is -2.28. The second-order valence-electron chi connectivity index (χ2n) is 5.50. The summed E-state index contributed by atoms with van der Waals surface area (Å²) < 4.78 is 0. The summed E-state index contributed by atoms with van der Waals surface area (Å²) in [6.07, 6.45) is 1.00. The molecule has 0 saturated heterocycles. The smallest absolute Gasteiger partial charge is 0.0408 e. The van der Waals surface area contributed by atoms with Crippen molar-refractivity contribution in [2.24, 2.45) is 0 Å². The Kier molecular flexibility index (Phi) is 5.63. The van der Waals surface area contributed by atoms with Crippen LogP contribution in [0, 0.1) is 0 Å². The topological polar surface area (TPSA) is 12.0 Å². The molecule has 2 aromatic rings. The molecular formula is C18H22ClN. The highest BCUT2D eigenvalue weighted by molar-refractivity contribution is 6.30. The summed E-state index contributed by atoms with van der Waals surface area (Å²) in [4.78, 5) is 0. The first-order valence-corrected chi connectivity index (χ1v) is 7.55. The van der Waals surface area contributed by atoms with E-state index in [-0.39, 0.29) is 0 Å². The van der Waals surface area contributed by atoms with Crippen molar-refractivity contribution in [1.82, 2.24) is 5.32 Å². The molecule has 0 bridgehead atoms. The van der Waals surface area contributed by atoms with Crippen molar-refractivity contribution in [3.8, 4) is 0 Å². The van der Waals surface area contributed by atoms with Crippen LogP contribution in [-0.4, -0.2) is 12.6 Å². The number of nitrogens with one attached hydrogen (secondary N) is 1. The number of benzene rings is 2. The number of hydrogen-bond donors (Lipinski definition) is 1. The summed E-state index contributed by atoms with van der Waals surface area (Å²) >= 11 is 6.09. The lowest BCUT2D eigenvalue weighted by atomic mass is 9.91. The third kappa shape index (κ3) is 4.66. The molecule has 1 N–H and O–H groups in total. The van der Waals surface area contributed by atoms with E-state index in [1.54, 1.807) is 0 Å². The molecule has 0 radical (unpaired) electrons. The van der Waals surface area contributed by atoms with E-state index in [9.17, 15) is 0 Å². The first kappa shape index (κ1) is 15.1. The first-order valence-electron chi connectivity index (χ1n) is 7.18. The fraction of sp³-hybridized carbons (Fsp3) is 0.333. The summed E-state index contributed by atoms with van der Waals surface area (Å²) in [5.41, 5.74) is 2.66. The van der Waals surface area contributed by atoms with Crippen molar-refractivity contribution in [3.05, 3.63) is 70.7 Å². The minimum Gasteiger partial charge on any atom is -0.314 e. The quantitative estimate of drug-likeness (QED) is 0.814. The Balaban J connectivity index is 2.14. The molecule has 0 aliphatic carbocycles. The predicted molar refractivity (Wildman–Crippen MR) is 87.5 cm³/mol. The molecule has 2 aromatic carbocycles. The molecule has 1 nitrogen and oxygen atoms in total. The van der Waals surface area contributed by atoms with Crippen LogP contribution in [0.4, 0.5) is 0 Å². The maximum absolute atomic E-state index is 6.09. The zero-order valence-electron chi connectivity index (χ0n) is 12.1. The van der Waals surface area contributed by atoms with Gasteiger partial charge in [-0.05, 0) is 29.7 Å². The Hall–Kier alpha value is -1.31. The molecule has 0 spiro atoms. The van der Waals surface area contributed by atoms with E-state index in [1.807, 2.05) is 12.1 Å². The van der Waals surface area contributed by atoms with Crippen LogP contribution in [-0.2, 0) is 6.42 Å². The Labute approximate surface area is 127 Å². The van der Waals surface area contributed by atoms with Crippen LogP contribution >= 0.6 is 11.6 Å². The second kappa shape index (κ2) is 7.47. The van der Waals surface area contributed by atoms with Gasteiger partial charge in [0.05, 0.1) is 0 Å². The van der Waals surface area contributed by atoms with Crippen LogP contribution in [0.3, 0.4) is 0 Å². The van der Waals surface area contributed by atoms with Crippen molar-refractivity contribution in [2.75, 3.05) is 6.54 Å². The summed E-state index contributed by atoms with van der Waals surface area (Å²) in [5.74, 6) is 0.470. The maximum Gasteiger partial charge on any atom is 0.0408 e. The molecule has 1 atom stereocenters. The molecule has 2 rings (SSSR count). The van der Waals surface area contributed by atoms with Gasteiger partial charge in [-0.1, -0.05) is 67.9 Å². The molecule has 20 heavy (non-hydrogen) atoms. The normalized spacial score (nSPS) is 12.6. The van der Waals surface area contributed by atoms with Crippen LogP contribution in [0.2, 0.25) is 5.02 Å².